The Hall–Kier alpha value is -2.10. The van der Waals surface area contributed by atoms with Crippen LogP contribution in [0.2, 0.25) is 0 Å². The SMILES string of the molecule is CC1CC=CC(c2ccc([N+](=O)[O-])cc2)=C1N. The lowest BCUT2D eigenvalue weighted by atomic mass is 9.90. The molecule has 1 aliphatic carbocycles. The smallest absolute Gasteiger partial charge is 0.269 e. The van der Waals surface area contributed by atoms with Crippen LogP contribution in [-0.4, -0.2) is 4.92 Å². The maximum Gasteiger partial charge on any atom is 0.269 e. The normalized spacial score (nSPS) is 19.5. The third-order valence-corrected chi connectivity index (χ3v) is 3.01. The average molecular weight is 230 g/mol. The number of nitro groups is 1. The third-order valence-electron chi connectivity index (χ3n) is 3.01. The molecule has 4 heteroatoms. The van der Waals surface area contributed by atoms with Gasteiger partial charge in [-0.05, 0) is 30.0 Å². The predicted molar refractivity (Wildman–Crippen MR) is 67.1 cm³/mol. The van der Waals surface area contributed by atoms with Crippen molar-refractivity contribution >= 4 is 11.3 Å². The first kappa shape index (κ1) is 11.4. The summed E-state index contributed by atoms with van der Waals surface area (Å²) in [5, 5.41) is 10.6. The van der Waals surface area contributed by atoms with Crippen molar-refractivity contribution in [2.24, 2.45) is 11.7 Å². The van der Waals surface area contributed by atoms with Crippen LogP contribution >= 0.6 is 0 Å². The van der Waals surface area contributed by atoms with Gasteiger partial charge in [0.2, 0.25) is 0 Å². The highest BCUT2D eigenvalue weighted by molar-refractivity contribution is 5.77. The molecule has 17 heavy (non-hydrogen) atoms. The van der Waals surface area contributed by atoms with Crippen LogP contribution in [0.1, 0.15) is 18.9 Å². The van der Waals surface area contributed by atoms with Crippen LogP contribution in [0.25, 0.3) is 5.57 Å². The molecule has 1 aliphatic rings. The van der Waals surface area contributed by atoms with Crippen molar-refractivity contribution < 1.29 is 4.92 Å². The average Bonchev–Trinajstić information content (AvgIpc) is 2.33. The van der Waals surface area contributed by atoms with E-state index in [0.29, 0.717) is 5.92 Å². The number of nitrogens with two attached hydrogens (primary N) is 1. The molecule has 0 aromatic heterocycles. The second kappa shape index (κ2) is 4.41. The lowest BCUT2D eigenvalue weighted by Crippen LogP contribution is -2.13. The lowest BCUT2D eigenvalue weighted by Gasteiger charge is -2.18. The van der Waals surface area contributed by atoms with Crippen molar-refractivity contribution in [1.82, 2.24) is 0 Å². The van der Waals surface area contributed by atoms with Crippen LogP contribution in [0.4, 0.5) is 5.69 Å². The van der Waals surface area contributed by atoms with Crippen molar-refractivity contribution in [3.05, 3.63) is 57.8 Å². The van der Waals surface area contributed by atoms with Gasteiger partial charge in [0.25, 0.3) is 5.69 Å². The minimum atomic E-state index is -0.402. The van der Waals surface area contributed by atoms with Gasteiger partial charge in [-0.15, -0.1) is 0 Å². The number of non-ortho nitro benzene ring substituents is 1. The summed E-state index contributed by atoms with van der Waals surface area (Å²) in [7, 11) is 0. The fourth-order valence-electron chi connectivity index (χ4n) is 1.90. The molecule has 0 spiro atoms. The van der Waals surface area contributed by atoms with Crippen molar-refractivity contribution in [3.63, 3.8) is 0 Å². The Bertz CT molecular complexity index is 501. The summed E-state index contributed by atoms with van der Waals surface area (Å²) >= 11 is 0. The molecule has 1 aromatic carbocycles. The van der Waals surface area contributed by atoms with Crippen LogP contribution in [0, 0.1) is 16.0 Å². The van der Waals surface area contributed by atoms with E-state index in [2.05, 4.69) is 13.0 Å². The number of hydrogen-bond acceptors (Lipinski definition) is 3. The van der Waals surface area contributed by atoms with Gasteiger partial charge in [-0.3, -0.25) is 10.1 Å². The van der Waals surface area contributed by atoms with E-state index in [4.69, 9.17) is 5.73 Å². The van der Waals surface area contributed by atoms with Crippen molar-refractivity contribution in [3.8, 4) is 0 Å². The second-order valence-corrected chi connectivity index (χ2v) is 4.21. The maximum absolute atomic E-state index is 10.6. The molecule has 0 fully saturated rings. The van der Waals surface area contributed by atoms with E-state index in [1.54, 1.807) is 12.1 Å². The molecule has 2 rings (SSSR count). The summed E-state index contributed by atoms with van der Waals surface area (Å²) in [4.78, 5) is 10.2. The van der Waals surface area contributed by atoms with Gasteiger partial charge in [0.1, 0.15) is 0 Å². The van der Waals surface area contributed by atoms with Gasteiger partial charge < -0.3 is 5.73 Å². The summed E-state index contributed by atoms with van der Waals surface area (Å²) in [5.74, 6) is 0.324. The van der Waals surface area contributed by atoms with Crippen molar-refractivity contribution in [1.29, 1.82) is 0 Å². The second-order valence-electron chi connectivity index (χ2n) is 4.21. The summed E-state index contributed by atoms with van der Waals surface area (Å²) in [6.45, 7) is 2.07. The minimum absolute atomic E-state index is 0.0979. The Morgan fingerprint density at radius 1 is 1.35 bits per heavy atom. The van der Waals surface area contributed by atoms with Crippen LogP contribution in [0.15, 0.2) is 42.1 Å². The van der Waals surface area contributed by atoms with Gasteiger partial charge in [0.05, 0.1) is 4.92 Å². The van der Waals surface area contributed by atoms with Crippen LogP contribution in [-0.2, 0) is 0 Å². The third kappa shape index (κ3) is 2.20. The quantitative estimate of drug-likeness (QED) is 0.627. The molecule has 0 radical (unpaired) electrons. The van der Waals surface area contributed by atoms with Crippen LogP contribution in [0.5, 0.6) is 0 Å². The number of nitro benzene ring substituents is 1. The first-order valence-corrected chi connectivity index (χ1v) is 5.50. The van der Waals surface area contributed by atoms with E-state index < -0.39 is 4.92 Å². The number of hydrogen-bond donors (Lipinski definition) is 1. The van der Waals surface area contributed by atoms with Crippen LogP contribution in [0.3, 0.4) is 0 Å². The van der Waals surface area contributed by atoms with E-state index in [-0.39, 0.29) is 5.69 Å². The Kier molecular flexibility index (Phi) is 2.95. The molecule has 88 valence electrons. The number of allylic oxidation sites excluding steroid dienone is 4. The van der Waals surface area contributed by atoms with Crippen LogP contribution < -0.4 is 5.73 Å². The molecule has 0 amide bonds. The van der Waals surface area contributed by atoms with Gasteiger partial charge in [-0.25, -0.2) is 0 Å². The molecule has 0 saturated carbocycles. The minimum Gasteiger partial charge on any atom is -0.401 e. The molecule has 0 aliphatic heterocycles. The highest BCUT2D eigenvalue weighted by Gasteiger charge is 2.14. The monoisotopic (exact) mass is 230 g/mol. The zero-order valence-corrected chi connectivity index (χ0v) is 9.59. The topological polar surface area (TPSA) is 69.2 Å². The Morgan fingerprint density at radius 2 is 2.00 bits per heavy atom. The Balaban J connectivity index is 2.38. The van der Waals surface area contributed by atoms with E-state index in [1.807, 2.05) is 6.08 Å². The Morgan fingerprint density at radius 3 is 2.59 bits per heavy atom. The molecule has 0 heterocycles. The zero-order chi connectivity index (χ0) is 12.4. The number of benzene rings is 1. The fraction of sp³-hybridized carbons (Fsp3) is 0.231. The zero-order valence-electron chi connectivity index (χ0n) is 9.59. The number of rotatable bonds is 2. The summed E-state index contributed by atoms with van der Waals surface area (Å²) in [6.07, 6.45) is 5.01. The fourth-order valence-corrected chi connectivity index (χ4v) is 1.90. The highest BCUT2D eigenvalue weighted by atomic mass is 16.6. The van der Waals surface area contributed by atoms with Gasteiger partial charge >= 0.3 is 0 Å². The van der Waals surface area contributed by atoms with Gasteiger partial charge in [0.15, 0.2) is 0 Å². The summed E-state index contributed by atoms with van der Waals surface area (Å²) in [6, 6.07) is 6.48. The van der Waals surface area contributed by atoms with Crippen molar-refractivity contribution in [2.45, 2.75) is 13.3 Å². The van der Waals surface area contributed by atoms with Gasteiger partial charge in [-0.2, -0.15) is 0 Å². The maximum atomic E-state index is 10.6. The molecule has 0 bridgehead atoms. The largest absolute Gasteiger partial charge is 0.401 e. The first-order chi connectivity index (χ1) is 8.09. The lowest BCUT2D eigenvalue weighted by molar-refractivity contribution is -0.384. The van der Waals surface area contributed by atoms with E-state index in [0.717, 1.165) is 23.3 Å². The standard InChI is InChI=1S/C13H14N2O2/c1-9-3-2-4-12(13(9)14)10-5-7-11(8-6-10)15(16)17/h2,4-9H,3,14H2,1H3. The van der Waals surface area contributed by atoms with E-state index in [9.17, 15) is 10.1 Å². The molecule has 4 nitrogen and oxygen atoms in total. The molecule has 0 saturated heterocycles. The summed E-state index contributed by atoms with van der Waals surface area (Å²) < 4.78 is 0. The van der Waals surface area contributed by atoms with Gasteiger partial charge in [-0.1, -0.05) is 19.1 Å². The molecule has 1 unspecified atom stereocenters. The van der Waals surface area contributed by atoms with Crippen molar-refractivity contribution in [2.75, 3.05) is 0 Å². The van der Waals surface area contributed by atoms with Gasteiger partial charge in [0, 0.05) is 23.4 Å². The van der Waals surface area contributed by atoms with E-state index in [1.165, 1.54) is 12.1 Å². The molecule has 1 atom stereocenters. The van der Waals surface area contributed by atoms with E-state index >= 15 is 0 Å². The molecule has 2 N–H and O–H groups in total. The molecular formula is C13H14N2O2. The molecular weight excluding hydrogens is 216 g/mol. The summed E-state index contributed by atoms with van der Waals surface area (Å²) in [5.41, 5.74) is 8.89. The molecule has 1 aromatic rings. The highest BCUT2D eigenvalue weighted by Crippen LogP contribution is 2.29. The Labute approximate surface area is 99.6 Å². The first-order valence-electron chi connectivity index (χ1n) is 5.50. The number of nitrogens with zero attached hydrogens (tertiary/aromatic N) is 1. The predicted octanol–water partition coefficient (Wildman–Crippen LogP) is 2.86.